The lowest BCUT2D eigenvalue weighted by atomic mass is 9.98. The van der Waals surface area contributed by atoms with Gasteiger partial charge in [0.25, 0.3) is 0 Å². The molecule has 108 valence electrons. The highest BCUT2D eigenvalue weighted by Crippen LogP contribution is 2.39. The third kappa shape index (κ3) is 3.14. The maximum Gasteiger partial charge on any atom is 0.0707 e. The molecular formula is C16H21NS3. The Kier molecular flexibility index (Phi) is 5.21. The van der Waals surface area contributed by atoms with E-state index in [1.807, 2.05) is 22.7 Å². The molecule has 0 bridgehead atoms. The van der Waals surface area contributed by atoms with Crippen LogP contribution in [0, 0.1) is 0 Å². The van der Waals surface area contributed by atoms with Gasteiger partial charge < -0.3 is 0 Å². The molecule has 1 aliphatic rings. The second-order valence-corrected chi connectivity index (χ2v) is 8.43. The third-order valence-electron chi connectivity index (χ3n) is 3.82. The topological polar surface area (TPSA) is 3.24 Å². The number of nitrogens with zero attached hydrogens (tertiary/aromatic N) is 1. The van der Waals surface area contributed by atoms with Crippen LogP contribution >= 0.6 is 34.4 Å². The molecule has 0 spiro atoms. The van der Waals surface area contributed by atoms with Crippen molar-refractivity contribution in [1.82, 2.24) is 4.90 Å². The van der Waals surface area contributed by atoms with Crippen LogP contribution in [0.25, 0.3) is 0 Å². The molecule has 0 amide bonds. The van der Waals surface area contributed by atoms with Gasteiger partial charge in [0.15, 0.2) is 0 Å². The average molecular weight is 324 g/mol. The van der Waals surface area contributed by atoms with Gasteiger partial charge in [0.05, 0.1) is 6.04 Å². The van der Waals surface area contributed by atoms with Crippen LogP contribution in [0.15, 0.2) is 29.0 Å². The van der Waals surface area contributed by atoms with Crippen LogP contribution in [-0.2, 0) is 6.42 Å². The summed E-state index contributed by atoms with van der Waals surface area (Å²) in [6.07, 6.45) is 2.54. The molecular weight excluding hydrogens is 302 g/mol. The van der Waals surface area contributed by atoms with E-state index in [0.717, 1.165) is 0 Å². The van der Waals surface area contributed by atoms with Crippen molar-refractivity contribution in [3.63, 3.8) is 0 Å². The first-order chi connectivity index (χ1) is 9.90. The fourth-order valence-electron chi connectivity index (χ4n) is 2.90. The predicted molar refractivity (Wildman–Crippen MR) is 93.4 cm³/mol. The van der Waals surface area contributed by atoms with Gasteiger partial charge in [-0.3, -0.25) is 4.90 Å². The number of hydrogen-bond donors (Lipinski definition) is 0. The van der Waals surface area contributed by atoms with E-state index >= 15 is 0 Å². The molecule has 0 radical (unpaired) electrons. The zero-order chi connectivity index (χ0) is 13.8. The molecule has 1 aliphatic heterocycles. The first kappa shape index (κ1) is 14.6. The van der Waals surface area contributed by atoms with Crippen molar-refractivity contribution < 1.29 is 0 Å². The highest BCUT2D eigenvalue weighted by atomic mass is 32.2. The molecule has 3 rings (SSSR count). The molecule has 4 heteroatoms. The van der Waals surface area contributed by atoms with Crippen molar-refractivity contribution in [1.29, 1.82) is 0 Å². The van der Waals surface area contributed by atoms with Crippen molar-refractivity contribution >= 4 is 34.4 Å². The predicted octanol–water partition coefficient (Wildman–Crippen LogP) is 4.90. The van der Waals surface area contributed by atoms with Gasteiger partial charge in [-0.2, -0.15) is 11.8 Å². The molecule has 20 heavy (non-hydrogen) atoms. The van der Waals surface area contributed by atoms with E-state index in [1.54, 1.807) is 10.4 Å². The van der Waals surface area contributed by atoms with E-state index in [4.69, 9.17) is 0 Å². The Morgan fingerprint density at radius 1 is 1.30 bits per heavy atom. The van der Waals surface area contributed by atoms with Crippen LogP contribution in [0.1, 0.15) is 34.7 Å². The number of thiophene rings is 2. The van der Waals surface area contributed by atoms with Gasteiger partial charge >= 0.3 is 0 Å². The molecule has 3 heterocycles. The quantitative estimate of drug-likeness (QED) is 0.696. The van der Waals surface area contributed by atoms with Crippen LogP contribution in [0.4, 0.5) is 0 Å². The zero-order valence-corrected chi connectivity index (χ0v) is 14.3. The molecule has 2 aromatic rings. The standard InChI is InChI=1S/C16H21NS3/c1-2-18-10-4-8-17-9-6-14-13(7-12-20-14)16(17)15-5-3-11-19-15/h3,5,7,11-12,16H,2,4,6,8-10H2,1H3/t16-/m1/s1. The Morgan fingerprint density at radius 2 is 2.25 bits per heavy atom. The Balaban J connectivity index is 1.76. The second kappa shape index (κ2) is 7.12. The minimum absolute atomic E-state index is 0.511. The summed E-state index contributed by atoms with van der Waals surface area (Å²) in [6, 6.07) is 7.34. The summed E-state index contributed by atoms with van der Waals surface area (Å²) >= 11 is 5.90. The smallest absolute Gasteiger partial charge is 0.0707 e. The normalized spacial score (nSPS) is 19.1. The maximum atomic E-state index is 2.69. The van der Waals surface area contributed by atoms with Crippen molar-refractivity contribution in [2.45, 2.75) is 25.8 Å². The minimum atomic E-state index is 0.511. The average Bonchev–Trinajstić information content (AvgIpc) is 3.13. The van der Waals surface area contributed by atoms with Gasteiger partial charge in [-0.25, -0.2) is 0 Å². The van der Waals surface area contributed by atoms with E-state index in [0.29, 0.717) is 6.04 Å². The van der Waals surface area contributed by atoms with E-state index in [2.05, 4.69) is 52.5 Å². The molecule has 1 nitrogen and oxygen atoms in total. The van der Waals surface area contributed by atoms with E-state index in [9.17, 15) is 0 Å². The lowest BCUT2D eigenvalue weighted by Gasteiger charge is -2.35. The molecule has 2 aromatic heterocycles. The second-order valence-electron chi connectivity index (χ2n) is 5.05. The first-order valence-electron chi connectivity index (χ1n) is 7.31. The van der Waals surface area contributed by atoms with Gasteiger partial charge in [-0.05, 0) is 59.3 Å². The van der Waals surface area contributed by atoms with Gasteiger partial charge in [0, 0.05) is 16.3 Å². The summed E-state index contributed by atoms with van der Waals surface area (Å²) in [7, 11) is 0. The minimum Gasteiger partial charge on any atom is -0.291 e. The first-order valence-corrected chi connectivity index (χ1v) is 10.2. The Morgan fingerprint density at radius 3 is 3.05 bits per heavy atom. The summed E-state index contributed by atoms with van der Waals surface area (Å²) in [5, 5.41) is 4.48. The van der Waals surface area contributed by atoms with Gasteiger partial charge in [-0.15, -0.1) is 22.7 Å². The molecule has 0 saturated heterocycles. The van der Waals surface area contributed by atoms with Crippen molar-refractivity contribution in [3.8, 4) is 0 Å². The number of hydrogen-bond acceptors (Lipinski definition) is 4. The van der Waals surface area contributed by atoms with Crippen molar-refractivity contribution in [2.75, 3.05) is 24.6 Å². The van der Waals surface area contributed by atoms with Gasteiger partial charge in [0.2, 0.25) is 0 Å². The molecule has 0 aliphatic carbocycles. The van der Waals surface area contributed by atoms with Gasteiger partial charge in [-0.1, -0.05) is 13.0 Å². The highest BCUT2D eigenvalue weighted by molar-refractivity contribution is 7.99. The van der Waals surface area contributed by atoms with E-state index in [1.165, 1.54) is 42.3 Å². The maximum absolute atomic E-state index is 2.69. The summed E-state index contributed by atoms with van der Waals surface area (Å²) < 4.78 is 0. The Hall–Kier alpha value is -0.290. The summed E-state index contributed by atoms with van der Waals surface area (Å²) in [6.45, 7) is 4.69. The summed E-state index contributed by atoms with van der Waals surface area (Å²) in [4.78, 5) is 5.80. The van der Waals surface area contributed by atoms with Crippen LogP contribution in [0.5, 0.6) is 0 Å². The summed E-state index contributed by atoms with van der Waals surface area (Å²) in [5.41, 5.74) is 1.56. The van der Waals surface area contributed by atoms with E-state index < -0.39 is 0 Å². The fraction of sp³-hybridized carbons (Fsp3) is 0.500. The van der Waals surface area contributed by atoms with Crippen LogP contribution in [0.3, 0.4) is 0 Å². The van der Waals surface area contributed by atoms with E-state index in [-0.39, 0.29) is 0 Å². The monoisotopic (exact) mass is 323 g/mol. The Labute approximate surface area is 134 Å². The zero-order valence-electron chi connectivity index (χ0n) is 11.9. The van der Waals surface area contributed by atoms with Crippen molar-refractivity contribution in [2.24, 2.45) is 0 Å². The number of fused-ring (bicyclic) bond motifs is 1. The lowest BCUT2D eigenvalue weighted by molar-refractivity contribution is 0.219. The highest BCUT2D eigenvalue weighted by Gasteiger charge is 2.29. The molecule has 0 aromatic carbocycles. The molecule has 0 N–H and O–H groups in total. The molecule has 1 atom stereocenters. The van der Waals surface area contributed by atoms with Crippen molar-refractivity contribution in [3.05, 3.63) is 44.3 Å². The summed E-state index contributed by atoms with van der Waals surface area (Å²) in [5.74, 6) is 2.53. The molecule has 0 saturated carbocycles. The van der Waals surface area contributed by atoms with Crippen LogP contribution in [-0.4, -0.2) is 29.5 Å². The fourth-order valence-corrected chi connectivity index (χ4v) is 5.31. The van der Waals surface area contributed by atoms with Crippen LogP contribution in [0.2, 0.25) is 0 Å². The molecule has 0 fully saturated rings. The molecule has 0 unspecified atom stereocenters. The number of rotatable bonds is 6. The number of thioether (sulfide) groups is 1. The van der Waals surface area contributed by atoms with Gasteiger partial charge in [0.1, 0.15) is 0 Å². The Bertz CT molecular complexity index is 518. The third-order valence-corrected chi connectivity index (χ3v) is 6.72. The van der Waals surface area contributed by atoms with Crippen LogP contribution < -0.4 is 0 Å². The largest absolute Gasteiger partial charge is 0.291 e. The lowest BCUT2D eigenvalue weighted by Crippen LogP contribution is -2.35. The SMILES string of the molecule is CCSCCCN1CCc2sccc2[C@@H]1c1cccs1.